The number of nitrogens with one attached hydrogen (secondary N) is 1. The third-order valence-electron chi connectivity index (χ3n) is 3.52. The van der Waals surface area contributed by atoms with Gasteiger partial charge in [0.25, 0.3) is 0 Å². The Morgan fingerprint density at radius 2 is 2.28 bits per heavy atom. The van der Waals surface area contributed by atoms with Gasteiger partial charge in [-0.3, -0.25) is 0 Å². The summed E-state index contributed by atoms with van der Waals surface area (Å²) in [6.45, 7) is 4.09. The number of halogens is 1. The van der Waals surface area contributed by atoms with Gasteiger partial charge in [0.2, 0.25) is 0 Å². The van der Waals surface area contributed by atoms with Gasteiger partial charge in [0.05, 0.1) is 6.61 Å². The molecular formula is C15H22ClNO. The van der Waals surface area contributed by atoms with Crippen molar-refractivity contribution in [2.24, 2.45) is 5.92 Å². The van der Waals surface area contributed by atoms with Crippen molar-refractivity contribution in [3.05, 3.63) is 28.3 Å². The van der Waals surface area contributed by atoms with E-state index in [1.807, 2.05) is 13.1 Å². The van der Waals surface area contributed by atoms with E-state index in [0.29, 0.717) is 5.92 Å². The molecule has 0 aromatic heterocycles. The van der Waals surface area contributed by atoms with E-state index in [1.165, 1.54) is 24.0 Å². The van der Waals surface area contributed by atoms with Crippen molar-refractivity contribution in [1.29, 1.82) is 0 Å². The summed E-state index contributed by atoms with van der Waals surface area (Å²) in [5.74, 6) is 1.75. The number of ether oxygens (including phenoxy) is 1. The SMILES string of the molecule is CCCC(CNC)Cc1cc(Cl)cc2c1OCC2. The van der Waals surface area contributed by atoms with Crippen LogP contribution in [0.2, 0.25) is 5.02 Å². The zero-order valence-electron chi connectivity index (χ0n) is 11.3. The summed E-state index contributed by atoms with van der Waals surface area (Å²) in [5, 5.41) is 4.12. The molecule has 3 heteroatoms. The fourth-order valence-corrected chi connectivity index (χ4v) is 3.05. The van der Waals surface area contributed by atoms with Crippen LogP contribution >= 0.6 is 11.6 Å². The zero-order valence-corrected chi connectivity index (χ0v) is 12.0. The first-order valence-electron chi connectivity index (χ1n) is 6.83. The molecule has 1 aliphatic heterocycles. The van der Waals surface area contributed by atoms with E-state index in [2.05, 4.69) is 18.3 Å². The molecule has 100 valence electrons. The Kier molecular flexibility index (Phi) is 4.90. The molecule has 1 heterocycles. The Balaban J connectivity index is 2.17. The monoisotopic (exact) mass is 267 g/mol. The Morgan fingerprint density at radius 3 is 3.00 bits per heavy atom. The number of hydrogen-bond donors (Lipinski definition) is 1. The van der Waals surface area contributed by atoms with Crippen LogP contribution in [0.5, 0.6) is 5.75 Å². The van der Waals surface area contributed by atoms with E-state index < -0.39 is 0 Å². The van der Waals surface area contributed by atoms with Crippen LogP contribution in [0.1, 0.15) is 30.9 Å². The summed E-state index contributed by atoms with van der Waals surface area (Å²) in [4.78, 5) is 0. The van der Waals surface area contributed by atoms with Gasteiger partial charge in [0.1, 0.15) is 5.75 Å². The summed E-state index contributed by atoms with van der Waals surface area (Å²) in [6.07, 6.45) is 4.50. The lowest BCUT2D eigenvalue weighted by Crippen LogP contribution is -2.20. The van der Waals surface area contributed by atoms with Crippen molar-refractivity contribution in [1.82, 2.24) is 5.32 Å². The maximum atomic E-state index is 6.19. The van der Waals surface area contributed by atoms with Gasteiger partial charge in [-0.25, -0.2) is 0 Å². The predicted molar refractivity (Wildman–Crippen MR) is 76.7 cm³/mol. The van der Waals surface area contributed by atoms with Crippen molar-refractivity contribution in [2.45, 2.75) is 32.6 Å². The number of rotatable bonds is 6. The van der Waals surface area contributed by atoms with Crippen LogP contribution in [-0.2, 0) is 12.8 Å². The van der Waals surface area contributed by atoms with Gasteiger partial charge in [-0.2, -0.15) is 0 Å². The molecule has 1 aliphatic rings. The molecule has 1 aromatic carbocycles. The molecule has 1 N–H and O–H groups in total. The van der Waals surface area contributed by atoms with E-state index in [4.69, 9.17) is 16.3 Å². The molecule has 1 unspecified atom stereocenters. The molecular weight excluding hydrogens is 246 g/mol. The molecule has 2 nitrogen and oxygen atoms in total. The lowest BCUT2D eigenvalue weighted by atomic mass is 9.93. The molecule has 0 fully saturated rings. The molecule has 1 aromatic rings. The van der Waals surface area contributed by atoms with Crippen LogP contribution in [0, 0.1) is 5.92 Å². The molecule has 0 bridgehead atoms. The standard InChI is InChI=1S/C15H22ClNO/c1-3-4-11(10-17-2)7-13-9-14(16)8-12-5-6-18-15(12)13/h8-9,11,17H,3-7,10H2,1-2H3. The maximum absolute atomic E-state index is 6.19. The second-order valence-corrected chi connectivity index (χ2v) is 5.50. The average molecular weight is 268 g/mol. The van der Waals surface area contributed by atoms with Gasteiger partial charge >= 0.3 is 0 Å². The fraction of sp³-hybridized carbons (Fsp3) is 0.600. The van der Waals surface area contributed by atoms with Gasteiger partial charge in [0, 0.05) is 11.4 Å². The molecule has 18 heavy (non-hydrogen) atoms. The van der Waals surface area contributed by atoms with Gasteiger partial charge < -0.3 is 10.1 Å². The van der Waals surface area contributed by atoms with Gasteiger partial charge in [-0.15, -0.1) is 0 Å². The van der Waals surface area contributed by atoms with Crippen molar-refractivity contribution >= 4 is 11.6 Å². The first kappa shape index (κ1) is 13.7. The minimum atomic E-state index is 0.659. The smallest absolute Gasteiger partial charge is 0.125 e. The minimum absolute atomic E-state index is 0.659. The Hall–Kier alpha value is -0.730. The molecule has 0 saturated carbocycles. The molecule has 0 radical (unpaired) electrons. The summed E-state index contributed by atoms with van der Waals surface area (Å²) < 4.78 is 5.76. The highest BCUT2D eigenvalue weighted by Crippen LogP contribution is 2.34. The highest BCUT2D eigenvalue weighted by molar-refractivity contribution is 6.30. The third-order valence-corrected chi connectivity index (χ3v) is 3.74. The normalized spacial score (nSPS) is 15.3. The van der Waals surface area contributed by atoms with Crippen LogP contribution in [-0.4, -0.2) is 20.2 Å². The average Bonchev–Trinajstić information content (AvgIpc) is 2.77. The maximum Gasteiger partial charge on any atom is 0.125 e. The third kappa shape index (κ3) is 3.18. The molecule has 1 atom stereocenters. The van der Waals surface area contributed by atoms with Gasteiger partial charge in [0.15, 0.2) is 0 Å². The van der Waals surface area contributed by atoms with E-state index in [9.17, 15) is 0 Å². The topological polar surface area (TPSA) is 21.3 Å². The van der Waals surface area contributed by atoms with Crippen LogP contribution in [0.3, 0.4) is 0 Å². The van der Waals surface area contributed by atoms with E-state index >= 15 is 0 Å². The summed E-state index contributed by atoms with van der Waals surface area (Å²) in [7, 11) is 2.02. The van der Waals surface area contributed by atoms with E-state index in [-0.39, 0.29) is 0 Å². The van der Waals surface area contributed by atoms with Gasteiger partial charge in [-0.05, 0) is 55.6 Å². The highest BCUT2D eigenvalue weighted by Gasteiger charge is 2.19. The first-order chi connectivity index (χ1) is 8.74. The lowest BCUT2D eigenvalue weighted by molar-refractivity contribution is 0.349. The molecule has 0 saturated heterocycles. The number of benzene rings is 1. The number of fused-ring (bicyclic) bond motifs is 1. The summed E-state index contributed by atoms with van der Waals surface area (Å²) in [6, 6.07) is 4.12. The Morgan fingerprint density at radius 1 is 1.44 bits per heavy atom. The summed E-state index contributed by atoms with van der Waals surface area (Å²) >= 11 is 6.19. The highest BCUT2D eigenvalue weighted by atomic mass is 35.5. The van der Waals surface area contributed by atoms with Crippen molar-refractivity contribution in [3.8, 4) is 5.75 Å². The second kappa shape index (κ2) is 6.44. The Bertz CT molecular complexity index is 400. The molecule has 2 rings (SSSR count). The largest absolute Gasteiger partial charge is 0.493 e. The van der Waals surface area contributed by atoms with Crippen molar-refractivity contribution < 1.29 is 4.74 Å². The Labute approximate surface area is 115 Å². The molecule has 0 amide bonds. The lowest BCUT2D eigenvalue weighted by Gasteiger charge is -2.17. The van der Waals surface area contributed by atoms with Crippen LogP contribution in [0.15, 0.2) is 12.1 Å². The second-order valence-electron chi connectivity index (χ2n) is 5.07. The van der Waals surface area contributed by atoms with Crippen LogP contribution in [0.25, 0.3) is 0 Å². The zero-order chi connectivity index (χ0) is 13.0. The predicted octanol–water partition coefficient (Wildman–Crippen LogP) is 3.45. The fourth-order valence-electron chi connectivity index (χ4n) is 2.78. The van der Waals surface area contributed by atoms with E-state index in [1.54, 1.807) is 0 Å². The first-order valence-corrected chi connectivity index (χ1v) is 7.21. The van der Waals surface area contributed by atoms with Crippen LogP contribution < -0.4 is 10.1 Å². The molecule has 0 aliphatic carbocycles. The minimum Gasteiger partial charge on any atom is -0.493 e. The van der Waals surface area contributed by atoms with Crippen molar-refractivity contribution in [2.75, 3.05) is 20.2 Å². The summed E-state index contributed by atoms with van der Waals surface area (Å²) in [5.41, 5.74) is 2.56. The quantitative estimate of drug-likeness (QED) is 0.852. The van der Waals surface area contributed by atoms with E-state index in [0.717, 1.165) is 36.8 Å². The van der Waals surface area contributed by atoms with Crippen molar-refractivity contribution in [3.63, 3.8) is 0 Å². The molecule has 0 spiro atoms. The van der Waals surface area contributed by atoms with Crippen LogP contribution in [0.4, 0.5) is 0 Å². The number of hydrogen-bond acceptors (Lipinski definition) is 2. The van der Waals surface area contributed by atoms with Gasteiger partial charge in [-0.1, -0.05) is 24.9 Å².